The summed E-state index contributed by atoms with van der Waals surface area (Å²) in [4.78, 5) is 6.12. The Morgan fingerprint density at radius 3 is 3.05 bits per heavy atom. The van der Waals surface area contributed by atoms with Crippen LogP contribution < -0.4 is 5.32 Å². The molecule has 0 saturated heterocycles. The minimum atomic E-state index is -0.195. The Morgan fingerprint density at radius 2 is 2.26 bits per heavy atom. The summed E-state index contributed by atoms with van der Waals surface area (Å²) in [6.45, 7) is 2.00. The maximum Gasteiger partial charge on any atom is 0.124 e. The second kappa shape index (κ2) is 5.02. The number of nitrogens with zero attached hydrogens (tertiary/aromatic N) is 1. The molecule has 1 aliphatic rings. The van der Waals surface area contributed by atoms with E-state index in [1.165, 1.54) is 17.4 Å². The largest absolute Gasteiger partial charge is 0.312 e. The van der Waals surface area contributed by atoms with Crippen molar-refractivity contribution in [3.63, 3.8) is 0 Å². The number of thiazole rings is 1. The number of benzene rings is 1. The van der Waals surface area contributed by atoms with Gasteiger partial charge in [-0.1, -0.05) is 6.07 Å². The molecule has 1 aromatic carbocycles. The highest BCUT2D eigenvalue weighted by molar-refractivity contribution is 7.15. The fourth-order valence-electron chi connectivity index (χ4n) is 2.64. The van der Waals surface area contributed by atoms with Gasteiger partial charge in [0.1, 0.15) is 10.8 Å². The second-order valence-corrected chi connectivity index (χ2v) is 6.10. The lowest BCUT2D eigenvalue weighted by atomic mass is 9.98. The molecule has 100 valence electrons. The van der Waals surface area contributed by atoms with Crippen LogP contribution in [0.5, 0.6) is 0 Å². The molecule has 3 rings (SSSR count). The molecule has 2 nitrogen and oxygen atoms in total. The van der Waals surface area contributed by atoms with Gasteiger partial charge in [-0.05, 0) is 50.9 Å². The van der Waals surface area contributed by atoms with Crippen LogP contribution in [-0.2, 0) is 6.42 Å². The van der Waals surface area contributed by atoms with Crippen molar-refractivity contribution >= 4 is 11.3 Å². The Morgan fingerprint density at radius 1 is 1.42 bits per heavy atom. The van der Waals surface area contributed by atoms with Gasteiger partial charge in [0.2, 0.25) is 0 Å². The quantitative estimate of drug-likeness (QED) is 0.901. The van der Waals surface area contributed by atoms with Gasteiger partial charge >= 0.3 is 0 Å². The number of hydrogen-bond acceptors (Lipinski definition) is 3. The third-order valence-electron chi connectivity index (χ3n) is 3.73. The number of hydrogen-bond donors (Lipinski definition) is 1. The Hall–Kier alpha value is -1.26. The van der Waals surface area contributed by atoms with E-state index < -0.39 is 0 Å². The molecule has 19 heavy (non-hydrogen) atoms. The molecule has 0 fully saturated rings. The van der Waals surface area contributed by atoms with Gasteiger partial charge in [-0.2, -0.15) is 0 Å². The molecule has 0 amide bonds. The Labute approximate surface area is 116 Å². The SMILES string of the molecule is CNC1CCCc2sc(-c3cc(F)ccc3C)nc21. The summed E-state index contributed by atoms with van der Waals surface area (Å²) in [5.41, 5.74) is 3.17. The molecule has 4 heteroatoms. The third-order valence-corrected chi connectivity index (χ3v) is 4.90. The van der Waals surface area contributed by atoms with Gasteiger partial charge in [0.05, 0.1) is 11.7 Å². The normalized spacial score (nSPS) is 18.4. The van der Waals surface area contributed by atoms with Crippen molar-refractivity contribution in [2.45, 2.75) is 32.2 Å². The lowest BCUT2D eigenvalue weighted by molar-refractivity contribution is 0.490. The van der Waals surface area contributed by atoms with E-state index in [0.717, 1.165) is 34.7 Å². The van der Waals surface area contributed by atoms with Crippen LogP contribution in [-0.4, -0.2) is 12.0 Å². The zero-order valence-corrected chi connectivity index (χ0v) is 12.0. The van der Waals surface area contributed by atoms with Gasteiger partial charge in [-0.15, -0.1) is 11.3 Å². The monoisotopic (exact) mass is 276 g/mol. The average molecular weight is 276 g/mol. The smallest absolute Gasteiger partial charge is 0.124 e. The molecule has 0 spiro atoms. The van der Waals surface area contributed by atoms with E-state index in [0.29, 0.717) is 6.04 Å². The summed E-state index contributed by atoms with van der Waals surface area (Å²) in [7, 11) is 1.98. The zero-order valence-electron chi connectivity index (χ0n) is 11.2. The molecule has 1 aromatic heterocycles. The molecule has 0 bridgehead atoms. The Balaban J connectivity index is 2.07. The first kappa shape index (κ1) is 12.8. The van der Waals surface area contributed by atoms with Crippen LogP contribution in [0.2, 0.25) is 0 Å². The average Bonchev–Trinajstić information content (AvgIpc) is 2.85. The van der Waals surface area contributed by atoms with E-state index in [4.69, 9.17) is 4.98 Å². The van der Waals surface area contributed by atoms with Gasteiger partial charge in [-0.25, -0.2) is 9.37 Å². The van der Waals surface area contributed by atoms with Crippen molar-refractivity contribution in [2.75, 3.05) is 7.05 Å². The molecule has 0 aliphatic heterocycles. The van der Waals surface area contributed by atoms with E-state index in [1.54, 1.807) is 17.4 Å². The summed E-state index contributed by atoms with van der Waals surface area (Å²) in [6, 6.07) is 5.26. The molecule has 1 atom stereocenters. The van der Waals surface area contributed by atoms with Gasteiger partial charge in [-0.3, -0.25) is 0 Å². The molecule has 1 aliphatic carbocycles. The predicted molar refractivity (Wildman–Crippen MR) is 77.0 cm³/mol. The first-order chi connectivity index (χ1) is 9.19. The van der Waals surface area contributed by atoms with E-state index in [9.17, 15) is 4.39 Å². The van der Waals surface area contributed by atoms with Crippen LogP contribution in [0.15, 0.2) is 18.2 Å². The zero-order chi connectivity index (χ0) is 13.4. The van der Waals surface area contributed by atoms with E-state index in [-0.39, 0.29) is 5.82 Å². The molecule has 1 unspecified atom stereocenters. The molecule has 0 saturated carbocycles. The minimum Gasteiger partial charge on any atom is -0.312 e. The van der Waals surface area contributed by atoms with Crippen LogP contribution in [0.1, 0.15) is 35.0 Å². The van der Waals surface area contributed by atoms with Crippen LogP contribution in [0.25, 0.3) is 10.6 Å². The minimum absolute atomic E-state index is 0.195. The maximum absolute atomic E-state index is 13.4. The fraction of sp³-hybridized carbons (Fsp3) is 0.400. The molecule has 1 N–H and O–H groups in total. The van der Waals surface area contributed by atoms with E-state index in [2.05, 4.69) is 5.32 Å². The molecular weight excluding hydrogens is 259 g/mol. The van der Waals surface area contributed by atoms with Crippen molar-refractivity contribution in [2.24, 2.45) is 0 Å². The van der Waals surface area contributed by atoms with Crippen molar-refractivity contribution in [3.8, 4) is 10.6 Å². The summed E-state index contributed by atoms with van der Waals surface area (Å²) >= 11 is 1.71. The van der Waals surface area contributed by atoms with Crippen molar-refractivity contribution in [1.29, 1.82) is 0 Å². The standard InChI is InChI=1S/C15H17FN2S/c1-9-6-7-10(16)8-11(9)15-18-14-12(17-2)4-3-5-13(14)19-15/h6-8,12,17H,3-5H2,1-2H3. The maximum atomic E-state index is 13.4. The molecule has 1 heterocycles. The van der Waals surface area contributed by atoms with Crippen LogP contribution in [0.3, 0.4) is 0 Å². The number of aromatic nitrogens is 1. The summed E-state index contributed by atoms with van der Waals surface area (Å²) in [6.07, 6.45) is 3.43. The first-order valence-corrected chi connectivity index (χ1v) is 7.44. The van der Waals surface area contributed by atoms with Gasteiger partial charge < -0.3 is 5.32 Å². The second-order valence-electron chi connectivity index (χ2n) is 5.02. The van der Waals surface area contributed by atoms with Gasteiger partial charge in [0, 0.05) is 10.4 Å². The lowest BCUT2D eigenvalue weighted by Crippen LogP contribution is -2.21. The number of aryl methyl sites for hydroxylation is 2. The van der Waals surface area contributed by atoms with Crippen LogP contribution >= 0.6 is 11.3 Å². The third kappa shape index (κ3) is 2.30. The molecule has 0 radical (unpaired) electrons. The highest BCUT2D eigenvalue weighted by Crippen LogP contribution is 2.37. The summed E-state index contributed by atoms with van der Waals surface area (Å²) in [5.74, 6) is -0.195. The molecular formula is C15H17FN2S. The molecule has 2 aromatic rings. The Bertz CT molecular complexity index is 606. The van der Waals surface area contributed by atoms with Crippen LogP contribution in [0, 0.1) is 12.7 Å². The number of halogens is 1. The Kier molecular flexibility index (Phi) is 3.37. The first-order valence-electron chi connectivity index (χ1n) is 6.62. The van der Waals surface area contributed by atoms with E-state index in [1.807, 2.05) is 20.0 Å². The van der Waals surface area contributed by atoms with E-state index >= 15 is 0 Å². The number of fused-ring (bicyclic) bond motifs is 1. The fourth-order valence-corrected chi connectivity index (χ4v) is 3.89. The van der Waals surface area contributed by atoms with Gasteiger partial charge in [0.15, 0.2) is 0 Å². The number of rotatable bonds is 2. The summed E-state index contributed by atoms with van der Waals surface area (Å²) < 4.78 is 13.4. The highest BCUT2D eigenvalue weighted by Gasteiger charge is 2.24. The van der Waals surface area contributed by atoms with Crippen molar-refractivity contribution < 1.29 is 4.39 Å². The van der Waals surface area contributed by atoms with Crippen molar-refractivity contribution in [1.82, 2.24) is 10.3 Å². The van der Waals surface area contributed by atoms with Crippen molar-refractivity contribution in [3.05, 3.63) is 40.2 Å². The highest BCUT2D eigenvalue weighted by atomic mass is 32.1. The lowest BCUT2D eigenvalue weighted by Gasteiger charge is -2.19. The van der Waals surface area contributed by atoms with Crippen LogP contribution in [0.4, 0.5) is 4.39 Å². The summed E-state index contributed by atoms with van der Waals surface area (Å²) in [5, 5.41) is 4.27. The number of nitrogens with one attached hydrogen (secondary N) is 1. The topological polar surface area (TPSA) is 24.9 Å². The predicted octanol–water partition coefficient (Wildman–Crippen LogP) is 3.85. The van der Waals surface area contributed by atoms with Gasteiger partial charge in [0.25, 0.3) is 0 Å².